The molecule has 1 aromatic heterocycles. The average Bonchev–Trinajstić information content (AvgIpc) is 3.11. The number of rotatable bonds is 6. The molecule has 1 aliphatic heterocycles. The minimum Gasteiger partial charge on any atom is -0.462 e. The molecule has 4 rings (SSSR count). The van der Waals surface area contributed by atoms with E-state index in [1.807, 2.05) is 18.2 Å². The van der Waals surface area contributed by atoms with Gasteiger partial charge in [0.2, 0.25) is 0 Å². The van der Waals surface area contributed by atoms with Gasteiger partial charge in [0.25, 0.3) is 5.91 Å². The van der Waals surface area contributed by atoms with E-state index in [1.54, 1.807) is 19.1 Å². The number of nitrogens with one attached hydrogen (secondary N) is 1. The van der Waals surface area contributed by atoms with E-state index in [2.05, 4.69) is 22.3 Å². The van der Waals surface area contributed by atoms with Gasteiger partial charge in [0.15, 0.2) is 0 Å². The van der Waals surface area contributed by atoms with Gasteiger partial charge in [0, 0.05) is 29.5 Å². The maximum atomic E-state index is 12.9. The number of halogens is 2. The van der Waals surface area contributed by atoms with Gasteiger partial charge in [-0.25, -0.2) is 4.79 Å². The van der Waals surface area contributed by atoms with Crippen molar-refractivity contribution in [1.82, 2.24) is 4.90 Å². The lowest BCUT2D eigenvalue weighted by molar-refractivity contribution is 0.0526. The molecule has 2 aromatic carbocycles. The van der Waals surface area contributed by atoms with Gasteiger partial charge < -0.3 is 10.1 Å². The van der Waals surface area contributed by atoms with Crippen molar-refractivity contribution in [3.8, 4) is 0 Å². The number of hydrogen-bond donors (Lipinski definition) is 1. The third-order valence-electron chi connectivity index (χ3n) is 5.27. The Labute approximate surface area is 200 Å². The van der Waals surface area contributed by atoms with Crippen molar-refractivity contribution in [2.45, 2.75) is 26.4 Å². The molecule has 1 amide bonds. The van der Waals surface area contributed by atoms with Crippen molar-refractivity contribution in [2.75, 3.05) is 18.5 Å². The van der Waals surface area contributed by atoms with Crippen LogP contribution < -0.4 is 5.32 Å². The number of esters is 1. The number of carbonyl (C=O) groups is 2. The molecule has 5 nitrogen and oxygen atoms in total. The number of benzene rings is 2. The predicted molar refractivity (Wildman–Crippen MR) is 129 cm³/mol. The molecule has 0 atom stereocenters. The van der Waals surface area contributed by atoms with Gasteiger partial charge in [-0.05, 0) is 42.7 Å². The fourth-order valence-electron chi connectivity index (χ4n) is 3.78. The van der Waals surface area contributed by atoms with Gasteiger partial charge in [0.05, 0.1) is 22.8 Å². The van der Waals surface area contributed by atoms with E-state index < -0.39 is 11.9 Å². The zero-order valence-corrected chi connectivity index (χ0v) is 19.8. The highest BCUT2D eigenvalue weighted by Crippen LogP contribution is 2.38. The molecular weight excluding hydrogens is 467 g/mol. The molecule has 166 valence electrons. The standard InChI is InChI=1S/C24H22Cl2N2O3S/c1-2-31-24(30)21-18-10-11-28(13-15-6-4-3-5-7-15)14-20(18)32-23(21)27-22(29)17-9-8-16(25)12-19(17)26/h3-9,12H,2,10-11,13-14H2,1H3,(H,27,29). The third kappa shape index (κ3) is 4.99. The zero-order chi connectivity index (χ0) is 22.7. The molecule has 0 spiro atoms. The van der Waals surface area contributed by atoms with E-state index in [0.717, 1.165) is 23.5 Å². The van der Waals surface area contributed by atoms with Crippen LogP contribution in [0, 0.1) is 0 Å². The first-order chi connectivity index (χ1) is 15.5. The molecule has 1 aliphatic rings. The summed E-state index contributed by atoms with van der Waals surface area (Å²) in [5.41, 5.74) is 2.94. The van der Waals surface area contributed by atoms with Crippen molar-refractivity contribution in [3.63, 3.8) is 0 Å². The van der Waals surface area contributed by atoms with Crippen LogP contribution in [0.1, 0.15) is 43.6 Å². The summed E-state index contributed by atoms with van der Waals surface area (Å²) in [5.74, 6) is -0.809. The van der Waals surface area contributed by atoms with Crippen LogP contribution >= 0.6 is 34.5 Å². The molecule has 0 radical (unpaired) electrons. The van der Waals surface area contributed by atoms with Crippen molar-refractivity contribution in [3.05, 3.63) is 85.7 Å². The maximum absolute atomic E-state index is 12.9. The third-order valence-corrected chi connectivity index (χ3v) is 6.95. The Balaban J connectivity index is 1.61. The highest BCUT2D eigenvalue weighted by Gasteiger charge is 2.30. The first-order valence-electron chi connectivity index (χ1n) is 10.3. The second-order valence-corrected chi connectivity index (χ2v) is 9.40. The van der Waals surface area contributed by atoms with Gasteiger partial charge in [-0.15, -0.1) is 11.3 Å². The molecule has 32 heavy (non-hydrogen) atoms. The highest BCUT2D eigenvalue weighted by molar-refractivity contribution is 7.17. The quantitative estimate of drug-likeness (QED) is 0.429. The summed E-state index contributed by atoms with van der Waals surface area (Å²) < 4.78 is 5.30. The van der Waals surface area contributed by atoms with Crippen LogP contribution in [0.4, 0.5) is 5.00 Å². The molecule has 8 heteroatoms. The number of thiophene rings is 1. The molecule has 0 aliphatic carbocycles. The van der Waals surface area contributed by atoms with Gasteiger partial charge in [-0.3, -0.25) is 9.69 Å². The molecule has 3 aromatic rings. The van der Waals surface area contributed by atoms with Gasteiger partial charge in [-0.1, -0.05) is 53.5 Å². The molecule has 2 heterocycles. The Morgan fingerprint density at radius 2 is 1.94 bits per heavy atom. The lowest BCUT2D eigenvalue weighted by Gasteiger charge is -2.27. The summed E-state index contributed by atoms with van der Waals surface area (Å²) in [5, 5.41) is 4.07. The molecule has 0 saturated heterocycles. The average molecular weight is 489 g/mol. The second-order valence-electron chi connectivity index (χ2n) is 7.45. The van der Waals surface area contributed by atoms with Crippen molar-refractivity contribution in [2.24, 2.45) is 0 Å². The number of carbonyl (C=O) groups excluding carboxylic acids is 2. The molecular formula is C24H22Cl2N2O3S. The summed E-state index contributed by atoms with van der Waals surface area (Å²) in [6, 6.07) is 15.0. The van der Waals surface area contributed by atoms with Gasteiger partial charge >= 0.3 is 5.97 Å². The van der Waals surface area contributed by atoms with E-state index >= 15 is 0 Å². The topological polar surface area (TPSA) is 58.6 Å². The lowest BCUT2D eigenvalue weighted by Crippen LogP contribution is -2.29. The number of anilines is 1. The van der Waals surface area contributed by atoms with E-state index in [4.69, 9.17) is 27.9 Å². The molecule has 0 fully saturated rings. The SMILES string of the molecule is CCOC(=O)c1c(NC(=O)c2ccc(Cl)cc2Cl)sc2c1CCN(Cc1ccccc1)C2. The van der Waals surface area contributed by atoms with Crippen LogP contribution in [0.5, 0.6) is 0 Å². The molecule has 1 N–H and O–H groups in total. The number of hydrogen-bond acceptors (Lipinski definition) is 5. The van der Waals surface area contributed by atoms with Gasteiger partial charge in [-0.2, -0.15) is 0 Å². The van der Waals surface area contributed by atoms with E-state index in [-0.39, 0.29) is 11.6 Å². The first kappa shape index (κ1) is 22.8. The summed E-state index contributed by atoms with van der Waals surface area (Å²) in [6.07, 6.45) is 0.713. The van der Waals surface area contributed by atoms with E-state index in [9.17, 15) is 9.59 Å². The minimum absolute atomic E-state index is 0.253. The molecule has 0 bridgehead atoms. The normalized spacial score (nSPS) is 13.5. The van der Waals surface area contributed by atoms with Crippen LogP contribution in [0.2, 0.25) is 10.0 Å². The molecule has 0 unspecified atom stereocenters. The highest BCUT2D eigenvalue weighted by atomic mass is 35.5. The summed E-state index contributed by atoms with van der Waals surface area (Å²) in [7, 11) is 0. The minimum atomic E-state index is -0.418. The largest absolute Gasteiger partial charge is 0.462 e. The predicted octanol–water partition coefficient (Wildman–Crippen LogP) is 6.04. The Hall–Kier alpha value is -2.38. The Morgan fingerprint density at radius 1 is 1.16 bits per heavy atom. The fourth-order valence-corrected chi connectivity index (χ4v) is 5.55. The number of amides is 1. The van der Waals surface area contributed by atoms with Crippen molar-refractivity contribution < 1.29 is 14.3 Å². The lowest BCUT2D eigenvalue weighted by atomic mass is 10.0. The molecule has 0 saturated carbocycles. The van der Waals surface area contributed by atoms with Crippen LogP contribution in [-0.2, 0) is 24.2 Å². The fraction of sp³-hybridized carbons (Fsp3) is 0.250. The Morgan fingerprint density at radius 3 is 2.66 bits per heavy atom. The Bertz CT molecular complexity index is 1150. The van der Waals surface area contributed by atoms with E-state index in [0.29, 0.717) is 34.1 Å². The second kappa shape index (κ2) is 10.0. The monoisotopic (exact) mass is 488 g/mol. The summed E-state index contributed by atoms with van der Waals surface area (Å²) >= 11 is 13.6. The van der Waals surface area contributed by atoms with Crippen LogP contribution in [-0.4, -0.2) is 29.9 Å². The maximum Gasteiger partial charge on any atom is 0.341 e. The van der Waals surface area contributed by atoms with Crippen molar-refractivity contribution >= 4 is 51.4 Å². The first-order valence-corrected chi connectivity index (χ1v) is 11.9. The van der Waals surface area contributed by atoms with Crippen LogP contribution in [0.15, 0.2) is 48.5 Å². The summed E-state index contributed by atoms with van der Waals surface area (Å²) in [4.78, 5) is 29.1. The summed E-state index contributed by atoms with van der Waals surface area (Å²) in [6.45, 7) is 4.39. The number of ether oxygens (including phenoxy) is 1. The number of fused-ring (bicyclic) bond motifs is 1. The van der Waals surface area contributed by atoms with Crippen molar-refractivity contribution in [1.29, 1.82) is 0 Å². The van der Waals surface area contributed by atoms with Gasteiger partial charge in [0.1, 0.15) is 5.00 Å². The van der Waals surface area contributed by atoms with E-state index in [1.165, 1.54) is 23.0 Å². The van der Waals surface area contributed by atoms with Crippen LogP contribution in [0.3, 0.4) is 0 Å². The number of nitrogens with zero attached hydrogens (tertiary/aromatic N) is 1. The zero-order valence-electron chi connectivity index (χ0n) is 17.5. The smallest absolute Gasteiger partial charge is 0.341 e. The Kier molecular flexibility index (Phi) is 7.16. The van der Waals surface area contributed by atoms with Crippen LogP contribution in [0.25, 0.3) is 0 Å².